The minimum atomic E-state index is -1.07. The van der Waals surface area contributed by atoms with Crippen molar-refractivity contribution in [2.24, 2.45) is 5.41 Å². The van der Waals surface area contributed by atoms with Gasteiger partial charge in [0.05, 0.1) is 11.0 Å². The van der Waals surface area contributed by atoms with Crippen molar-refractivity contribution in [1.29, 1.82) is 0 Å². The molecule has 20 heavy (non-hydrogen) atoms. The van der Waals surface area contributed by atoms with Crippen molar-refractivity contribution < 1.29 is 14.7 Å². The minimum Gasteiger partial charge on any atom is -0.481 e. The van der Waals surface area contributed by atoms with Crippen LogP contribution in [0.3, 0.4) is 0 Å². The Morgan fingerprint density at radius 1 is 1.10 bits per heavy atom. The predicted octanol–water partition coefficient (Wildman–Crippen LogP) is 2.92. The lowest BCUT2D eigenvalue weighted by Crippen LogP contribution is -2.57. The highest BCUT2D eigenvalue weighted by Gasteiger charge is 2.44. The van der Waals surface area contributed by atoms with Gasteiger partial charge in [-0.2, -0.15) is 0 Å². The molecule has 0 radical (unpaired) electrons. The van der Waals surface area contributed by atoms with Crippen LogP contribution in [0.2, 0.25) is 0 Å². The van der Waals surface area contributed by atoms with Crippen LogP contribution in [-0.4, -0.2) is 22.5 Å². The third kappa shape index (κ3) is 3.00. The zero-order valence-electron chi connectivity index (χ0n) is 13.0. The van der Waals surface area contributed by atoms with Gasteiger partial charge in [0.25, 0.3) is 5.91 Å². The second kappa shape index (κ2) is 5.27. The number of carbonyl (C=O) groups excluding carboxylic acids is 1. The van der Waals surface area contributed by atoms with Gasteiger partial charge in [-0.25, -0.2) is 0 Å². The zero-order valence-corrected chi connectivity index (χ0v) is 13.0. The SMILES string of the molecule is Cc1ccc(C(=O)NC(C)(C)C(C)(C)C(=O)O)c(C)c1. The van der Waals surface area contributed by atoms with Gasteiger partial charge in [-0.1, -0.05) is 17.7 Å². The van der Waals surface area contributed by atoms with E-state index in [-0.39, 0.29) is 5.91 Å². The predicted molar refractivity (Wildman–Crippen MR) is 78.9 cm³/mol. The summed E-state index contributed by atoms with van der Waals surface area (Å²) in [5, 5.41) is 12.1. The smallest absolute Gasteiger partial charge is 0.311 e. The van der Waals surface area contributed by atoms with Gasteiger partial charge < -0.3 is 10.4 Å². The van der Waals surface area contributed by atoms with Gasteiger partial charge in [-0.05, 0) is 53.2 Å². The molecule has 0 aromatic heterocycles. The van der Waals surface area contributed by atoms with E-state index in [0.29, 0.717) is 5.56 Å². The van der Waals surface area contributed by atoms with E-state index < -0.39 is 16.9 Å². The Bertz CT molecular complexity index is 545. The van der Waals surface area contributed by atoms with Gasteiger partial charge >= 0.3 is 5.97 Å². The molecule has 0 bridgehead atoms. The summed E-state index contributed by atoms with van der Waals surface area (Å²) in [5.74, 6) is -1.19. The van der Waals surface area contributed by atoms with Crippen LogP contribution in [-0.2, 0) is 4.79 Å². The maximum absolute atomic E-state index is 12.4. The molecule has 0 unspecified atom stereocenters. The number of hydrogen-bond donors (Lipinski definition) is 2. The average molecular weight is 277 g/mol. The molecule has 0 aliphatic rings. The number of carboxylic acid groups (broad SMARTS) is 1. The Morgan fingerprint density at radius 3 is 2.10 bits per heavy atom. The summed E-state index contributed by atoms with van der Waals surface area (Å²) < 4.78 is 0. The first kappa shape index (κ1) is 16.2. The molecule has 0 fully saturated rings. The van der Waals surface area contributed by atoms with E-state index in [2.05, 4.69) is 5.32 Å². The van der Waals surface area contributed by atoms with E-state index in [4.69, 9.17) is 0 Å². The third-order valence-corrected chi connectivity index (χ3v) is 4.15. The van der Waals surface area contributed by atoms with E-state index in [9.17, 15) is 14.7 Å². The molecule has 0 aliphatic heterocycles. The van der Waals surface area contributed by atoms with Crippen LogP contribution >= 0.6 is 0 Å². The molecule has 0 atom stereocenters. The third-order valence-electron chi connectivity index (χ3n) is 4.15. The summed E-state index contributed by atoms with van der Waals surface area (Å²) in [6, 6.07) is 5.57. The van der Waals surface area contributed by atoms with Crippen molar-refractivity contribution in [3.05, 3.63) is 34.9 Å². The molecule has 4 heteroatoms. The molecule has 0 heterocycles. The standard InChI is InChI=1S/C16H23NO3/c1-10-7-8-12(11(2)9-10)13(18)17-16(5,6)15(3,4)14(19)20/h7-9H,1-6H3,(H,17,18)(H,19,20). The summed E-state index contributed by atoms with van der Waals surface area (Å²) in [4.78, 5) is 23.7. The van der Waals surface area contributed by atoms with E-state index >= 15 is 0 Å². The highest BCUT2D eigenvalue weighted by Crippen LogP contribution is 2.31. The van der Waals surface area contributed by atoms with Crippen LogP contribution in [0.4, 0.5) is 0 Å². The molecule has 110 valence electrons. The minimum absolute atomic E-state index is 0.248. The molecule has 0 saturated heterocycles. The van der Waals surface area contributed by atoms with Crippen molar-refractivity contribution in [2.75, 3.05) is 0 Å². The molecule has 2 N–H and O–H groups in total. The first-order valence-electron chi connectivity index (χ1n) is 6.62. The van der Waals surface area contributed by atoms with E-state index in [0.717, 1.165) is 11.1 Å². The highest BCUT2D eigenvalue weighted by molar-refractivity contribution is 5.96. The molecule has 0 saturated carbocycles. The molecule has 1 amide bonds. The number of aryl methyl sites for hydroxylation is 2. The van der Waals surface area contributed by atoms with Gasteiger partial charge in [-0.15, -0.1) is 0 Å². The first-order chi connectivity index (χ1) is 8.99. The molecular weight excluding hydrogens is 254 g/mol. The number of benzene rings is 1. The topological polar surface area (TPSA) is 66.4 Å². The fourth-order valence-electron chi connectivity index (χ4n) is 1.84. The maximum Gasteiger partial charge on any atom is 0.311 e. The summed E-state index contributed by atoms with van der Waals surface area (Å²) in [6.07, 6.45) is 0. The van der Waals surface area contributed by atoms with Gasteiger partial charge in [0.15, 0.2) is 0 Å². The fraction of sp³-hybridized carbons (Fsp3) is 0.500. The van der Waals surface area contributed by atoms with Crippen molar-refractivity contribution >= 4 is 11.9 Å². The zero-order chi connectivity index (χ0) is 15.7. The number of rotatable bonds is 4. The number of carbonyl (C=O) groups is 2. The average Bonchev–Trinajstić information content (AvgIpc) is 2.27. The van der Waals surface area contributed by atoms with E-state index in [1.54, 1.807) is 33.8 Å². The lowest BCUT2D eigenvalue weighted by Gasteiger charge is -2.38. The van der Waals surface area contributed by atoms with Crippen molar-refractivity contribution in [1.82, 2.24) is 5.32 Å². The summed E-state index contributed by atoms with van der Waals surface area (Å²) in [7, 11) is 0. The van der Waals surface area contributed by atoms with Crippen LogP contribution in [0, 0.1) is 19.3 Å². The number of aliphatic carboxylic acids is 1. The molecule has 0 spiro atoms. The Morgan fingerprint density at radius 2 is 1.65 bits per heavy atom. The number of hydrogen-bond acceptors (Lipinski definition) is 2. The number of nitrogens with one attached hydrogen (secondary N) is 1. The second-order valence-electron chi connectivity index (χ2n) is 6.33. The number of carboxylic acids is 1. The highest BCUT2D eigenvalue weighted by atomic mass is 16.4. The van der Waals surface area contributed by atoms with Crippen LogP contribution in [0.15, 0.2) is 18.2 Å². The second-order valence-corrected chi connectivity index (χ2v) is 6.33. The van der Waals surface area contributed by atoms with Crippen molar-refractivity contribution in [2.45, 2.75) is 47.1 Å². The Hall–Kier alpha value is -1.84. The van der Waals surface area contributed by atoms with Crippen LogP contribution in [0.25, 0.3) is 0 Å². The molecule has 0 aliphatic carbocycles. The molecule has 1 aromatic carbocycles. The number of amides is 1. The Labute approximate surface area is 120 Å². The normalized spacial score (nSPS) is 12.1. The quantitative estimate of drug-likeness (QED) is 0.889. The largest absolute Gasteiger partial charge is 0.481 e. The monoisotopic (exact) mass is 277 g/mol. The Kier molecular flexibility index (Phi) is 4.27. The van der Waals surface area contributed by atoms with E-state index in [1.807, 2.05) is 26.0 Å². The maximum atomic E-state index is 12.4. The van der Waals surface area contributed by atoms with Gasteiger partial charge in [-0.3, -0.25) is 9.59 Å². The van der Waals surface area contributed by atoms with Crippen LogP contribution < -0.4 is 5.32 Å². The molecule has 1 aromatic rings. The van der Waals surface area contributed by atoms with Crippen LogP contribution in [0.1, 0.15) is 49.2 Å². The van der Waals surface area contributed by atoms with Gasteiger partial charge in [0.1, 0.15) is 0 Å². The molecule has 1 rings (SSSR count). The summed E-state index contributed by atoms with van der Waals surface area (Å²) >= 11 is 0. The van der Waals surface area contributed by atoms with Gasteiger partial charge in [0.2, 0.25) is 0 Å². The van der Waals surface area contributed by atoms with Gasteiger partial charge in [0, 0.05) is 5.56 Å². The lowest BCUT2D eigenvalue weighted by molar-refractivity contribution is -0.150. The van der Waals surface area contributed by atoms with E-state index in [1.165, 1.54) is 0 Å². The van der Waals surface area contributed by atoms with Crippen molar-refractivity contribution in [3.8, 4) is 0 Å². The lowest BCUT2D eigenvalue weighted by atomic mass is 9.74. The molecular formula is C16H23NO3. The Balaban J connectivity index is 3.03. The fourth-order valence-corrected chi connectivity index (χ4v) is 1.84. The first-order valence-corrected chi connectivity index (χ1v) is 6.62. The van der Waals surface area contributed by atoms with Crippen LogP contribution in [0.5, 0.6) is 0 Å². The summed E-state index contributed by atoms with van der Waals surface area (Å²) in [5.41, 5.74) is 0.606. The molecule has 4 nitrogen and oxygen atoms in total. The summed E-state index contributed by atoms with van der Waals surface area (Å²) in [6.45, 7) is 10.5. The van der Waals surface area contributed by atoms with Crippen molar-refractivity contribution in [3.63, 3.8) is 0 Å².